The van der Waals surface area contributed by atoms with Crippen LogP contribution in [0.5, 0.6) is 0 Å². The van der Waals surface area contributed by atoms with Crippen molar-refractivity contribution in [3.8, 4) is 0 Å². The summed E-state index contributed by atoms with van der Waals surface area (Å²) in [7, 11) is 1.23. The van der Waals surface area contributed by atoms with Crippen LogP contribution < -0.4 is 0 Å². The summed E-state index contributed by atoms with van der Waals surface area (Å²) >= 11 is 0. The van der Waals surface area contributed by atoms with Crippen LogP contribution >= 0.6 is 0 Å². The number of hydrogen-bond donors (Lipinski definition) is 0. The van der Waals surface area contributed by atoms with Gasteiger partial charge >= 0.3 is 41.8 Å². The highest BCUT2D eigenvalue weighted by Crippen LogP contribution is 2.36. The summed E-state index contributed by atoms with van der Waals surface area (Å²) in [5.41, 5.74) is 0. The average molecular weight is 635 g/mol. The summed E-state index contributed by atoms with van der Waals surface area (Å²) in [5, 5.41) is 0. The van der Waals surface area contributed by atoms with E-state index in [9.17, 15) is 33.6 Å². The topological polar surface area (TPSA) is 212 Å². The second-order valence-corrected chi connectivity index (χ2v) is 9.97. The van der Waals surface area contributed by atoms with Gasteiger partial charge in [0.25, 0.3) is 0 Å². The predicted molar refractivity (Wildman–Crippen MR) is 139 cm³/mol. The van der Waals surface area contributed by atoms with E-state index in [1.165, 1.54) is 7.11 Å². The van der Waals surface area contributed by atoms with Gasteiger partial charge in [0.05, 0.1) is 0 Å². The summed E-state index contributed by atoms with van der Waals surface area (Å²) in [6.07, 6.45) is -14.0. The van der Waals surface area contributed by atoms with E-state index in [4.69, 9.17) is 47.4 Å². The van der Waals surface area contributed by atoms with Gasteiger partial charge < -0.3 is 47.4 Å². The van der Waals surface area contributed by atoms with Crippen molar-refractivity contribution in [2.45, 2.75) is 116 Å². The molecule has 44 heavy (non-hydrogen) atoms. The molecule has 10 atom stereocenters. The molecule has 0 aromatic rings. The second-order valence-electron chi connectivity index (χ2n) is 9.97. The Labute approximate surface area is 252 Å². The van der Waals surface area contributed by atoms with Crippen molar-refractivity contribution in [3.63, 3.8) is 0 Å². The Morgan fingerprint density at radius 3 is 1.18 bits per heavy atom. The number of hydrogen-bond acceptors (Lipinski definition) is 17. The molecule has 2 rings (SSSR count). The van der Waals surface area contributed by atoms with Crippen molar-refractivity contribution in [1.82, 2.24) is 0 Å². The maximum Gasteiger partial charge on any atom is 0.303 e. The van der Waals surface area contributed by atoms with Crippen LogP contribution in [0.4, 0.5) is 0 Å². The Hall–Kier alpha value is -3.83. The molecule has 0 aliphatic carbocycles. The van der Waals surface area contributed by atoms with Gasteiger partial charge in [0.1, 0.15) is 24.9 Å². The number of rotatable bonds is 11. The lowest BCUT2D eigenvalue weighted by atomic mass is 9.87. The lowest BCUT2D eigenvalue weighted by molar-refractivity contribution is -0.309. The summed E-state index contributed by atoms with van der Waals surface area (Å²) < 4.78 is 55.1. The minimum Gasteiger partial charge on any atom is -0.463 e. The molecule has 0 bridgehead atoms. The summed E-state index contributed by atoms with van der Waals surface area (Å²) in [4.78, 5) is 84.2. The SMILES string of the molecule is CO[C@H]1O[C@H](C[C@H]2O[C@H](COC(C)=O)[C@@H](OC(C)=O)[C@H](OC(C)=O)[C@@H]2OC(C)=O)[C@@H](OC(C)=O)[C@H](OC(C)=O)[C@H]1OC(C)=O. The van der Waals surface area contributed by atoms with E-state index < -0.39 is 110 Å². The van der Waals surface area contributed by atoms with Gasteiger partial charge in [0.2, 0.25) is 0 Å². The lowest BCUT2D eigenvalue weighted by Crippen LogP contribution is -2.65. The van der Waals surface area contributed by atoms with Crippen molar-refractivity contribution >= 4 is 41.8 Å². The zero-order valence-electron chi connectivity index (χ0n) is 25.6. The Morgan fingerprint density at radius 1 is 0.455 bits per heavy atom. The zero-order valence-corrected chi connectivity index (χ0v) is 25.6. The van der Waals surface area contributed by atoms with Crippen molar-refractivity contribution in [1.29, 1.82) is 0 Å². The normalized spacial score (nSPS) is 31.5. The minimum atomic E-state index is -1.47. The van der Waals surface area contributed by atoms with E-state index in [1.54, 1.807) is 0 Å². The molecule has 2 heterocycles. The van der Waals surface area contributed by atoms with Crippen molar-refractivity contribution in [2.24, 2.45) is 0 Å². The molecule has 17 heteroatoms. The maximum atomic E-state index is 12.2. The van der Waals surface area contributed by atoms with Gasteiger partial charge in [-0.15, -0.1) is 0 Å². The first-order valence-electron chi connectivity index (χ1n) is 13.5. The highest BCUT2D eigenvalue weighted by atomic mass is 16.7. The van der Waals surface area contributed by atoms with E-state index in [1.807, 2.05) is 0 Å². The van der Waals surface area contributed by atoms with E-state index in [0.717, 1.165) is 48.5 Å². The number of methoxy groups -OCH3 is 1. The molecule has 2 aliphatic rings. The molecule has 0 N–H and O–H groups in total. The molecule has 17 nitrogen and oxygen atoms in total. The minimum absolute atomic E-state index is 0.332. The summed E-state index contributed by atoms with van der Waals surface area (Å²) in [6, 6.07) is 0. The Morgan fingerprint density at radius 2 is 0.795 bits per heavy atom. The molecule has 0 unspecified atom stereocenters. The van der Waals surface area contributed by atoms with Crippen LogP contribution in [0.25, 0.3) is 0 Å². The van der Waals surface area contributed by atoms with Crippen LogP contribution in [-0.4, -0.2) is 117 Å². The Bertz CT molecular complexity index is 1090. The molecular weight excluding hydrogens is 596 g/mol. The molecule has 0 saturated carbocycles. The van der Waals surface area contributed by atoms with Gasteiger partial charge in [-0.1, -0.05) is 0 Å². The molecule has 0 amide bonds. The molecule has 2 saturated heterocycles. The third-order valence-electron chi connectivity index (χ3n) is 6.28. The Kier molecular flexibility index (Phi) is 13.5. The van der Waals surface area contributed by atoms with Crippen LogP contribution in [0.3, 0.4) is 0 Å². The third-order valence-corrected chi connectivity index (χ3v) is 6.28. The average Bonchev–Trinajstić information content (AvgIpc) is 2.87. The smallest absolute Gasteiger partial charge is 0.303 e. The fourth-order valence-electron chi connectivity index (χ4n) is 4.97. The van der Waals surface area contributed by atoms with Crippen LogP contribution in [-0.2, 0) is 80.9 Å². The van der Waals surface area contributed by atoms with Crippen molar-refractivity contribution < 1.29 is 80.9 Å². The quantitative estimate of drug-likeness (QED) is 0.210. The molecule has 2 fully saturated rings. The Balaban J connectivity index is 2.63. The number of carbonyl (C=O) groups excluding carboxylic acids is 7. The first-order valence-corrected chi connectivity index (χ1v) is 13.5. The van der Waals surface area contributed by atoms with Crippen molar-refractivity contribution in [2.75, 3.05) is 13.7 Å². The molecule has 248 valence electrons. The van der Waals surface area contributed by atoms with Crippen LogP contribution in [0.15, 0.2) is 0 Å². The zero-order chi connectivity index (χ0) is 33.3. The summed E-state index contributed by atoms with van der Waals surface area (Å²) in [6.45, 7) is 7.16. The standard InChI is InChI=1S/C27H38O17/c1-11(28)36-10-20-23(39-14(4)31)24(40-15(5)32)21(37-12(2)29)18(43-20)9-19-22(38-13(3)30)25(41-16(6)33)26(42-17(7)34)27(35-8)44-19/h18-27H,9-10H2,1-8H3/t18-,19-,20-,21-,22-,23-,24-,25+,26-,27+/m1/s1. The van der Waals surface area contributed by atoms with Gasteiger partial charge in [0, 0.05) is 62.0 Å². The van der Waals surface area contributed by atoms with Crippen LogP contribution in [0.2, 0.25) is 0 Å². The van der Waals surface area contributed by atoms with Gasteiger partial charge in [-0.05, 0) is 0 Å². The van der Waals surface area contributed by atoms with Crippen molar-refractivity contribution in [3.05, 3.63) is 0 Å². The number of ether oxygens (including phenoxy) is 10. The molecule has 2 aliphatic heterocycles. The van der Waals surface area contributed by atoms with Gasteiger partial charge in [-0.25, -0.2) is 0 Å². The number of carbonyl (C=O) groups is 7. The van der Waals surface area contributed by atoms with E-state index in [2.05, 4.69) is 0 Å². The lowest BCUT2D eigenvalue weighted by Gasteiger charge is -2.48. The molecule has 0 spiro atoms. The van der Waals surface area contributed by atoms with Gasteiger partial charge in [-0.3, -0.25) is 33.6 Å². The van der Waals surface area contributed by atoms with Gasteiger partial charge in [-0.2, -0.15) is 0 Å². The van der Waals surface area contributed by atoms with Crippen LogP contribution in [0.1, 0.15) is 54.9 Å². The first-order chi connectivity index (χ1) is 20.5. The molecule has 0 aromatic heterocycles. The highest BCUT2D eigenvalue weighted by molar-refractivity contribution is 5.69. The molecular formula is C27H38O17. The highest BCUT2D eigenvalue weighted by Gasteiger charge is 2.57. The van der Waals surface area contributed by atoms with E-state index >= 15 is 0 Å². The summed E-state index contributed by atoms with van der Waals surface area (Å²) in [5.74, 6) is -5.58. The third kappa shape index (κ3) is 10.4. The maximum absolute atomic E-state index is 12.2. The molecule has 0 aromatic carbocycles. The van der Waals surface area contributed by atoms with E-state index in [-0.39, 0.29) is 6.42 Å². The largest absolute Gasteiger partial charge is 0.463 e. The molecule has 0 radical (unpaired) electrons. The number of esters is 7. The van der Waals surface area contributed by atoms with E-state index in [0.29, 0.717) is 0 Å². The first kappa shape index (κ1) is 36.4. The predicted octanol–water partition coefficient (Wildman–Crippen LogP) is -0.331. The monoisotopic (exact) mass is 634 g/mol. The second kappa shape index (κ2) is 16.3. The fourth-order valence-corrected chi connectivity index (χ4v) is 4.97. The van der Waals surface area contributed by atoms with Gasteiger partial charge in [0.15, 0.2) is 42.9 Å². The fraction of sp³-hybridized carbons (Fsp3) is 0.741. The van der Waals surface area contributed by atoms with Crippen LogP contribution in [0, 0.1) is 0 Å².